The molecule has 4 heteroatoms. The van der Waals surface area contributed by atoms with Gasteiger partial charge in [0.15, 0.2) is 0 Å². The number of piperidine rings is 1. The zero-order chi connectivity index (χ0) is 15.3. The largest absolute Gasteiger partial charge is 0.341 e. The first kappa shape index (κ1) is 16.8. The molecule has 2 heterocycles. The van der Waals surface area contributed by atoms with E-state index in [4.69, 9.17) is 0 Å². The van der Waals surface area contributed by atoms with E-state index in [0.717, 1.165) is 51.2 Å². The Morgan fingerprint density at radius 3 is 2.67 bits per heavy atom. The van der Waals surface area contributed by atoms with Crippen LogP contribution in [0.1, 0.15) is 52.4 Å². The highest BCUT2D eigenvalue weighted by Crippen LogP contribution is 2.25. The van der Waals surface area contributed by atoms with E-state index in [1.807, 2.05) is 0 Å². The second-order valence-corrected chi connectivity index (χ2v) is 7.21. The van der Waals surface area contributed by atoms with Crippen molar-refractivity contribution in [1.82, 2.24) is 15.1 Å². The summed E-state index contributed by atoms with van der Waals surface area (Å²) in [6, 6.07) is 0. The maximum Gasteiger partial charge on any atom is 0.242 e. The van der Waals surface area contributed by atoms with Gasteiger partial charge in [0.25, 0.3) is 0 Å². The van der Waals surface area contributed by atoms with Gasteiger partial charge in [-0.1, -0.05) is 13.3 Å². The molecular weight excluding hydrogens is 262 g/mol. The molecule has 0 aromatic carbocycles. The third-order valence-electron chi connectivity index (χ3n) is 5.21. The molecule has 2 aliphatic heterocycles. The summed E-state index contributed by atoms with van der Waals surface area (Å²) < 4.78 is 0. The number of nitrogens with zero attached hydrogens (tertiary/aromatic N) is 2. The summed E-state index contributed by atoms with van der Waals surface area (Å²) in [4.78, 5) is 17.2. The fraction of sp³-hybridized carbons (Fsp3) is 0.941. The Labute approximate surface area is 130 Å². The molecule has 122 valence electrons. The lowest BCUT2D eigenvalue weighted by Gasteiger charge is -2.38. The molecule has 2 aliphatic rings. The van der Waals surface area contributed by atoms with Crippen molar-refractivity contribution in [3.63, 3.8) is 0 Å². The van der Waals surface area contributed by atoms with E-state index in [-0.39, 0.29) is 5.54 Å². The molecular formula is C17H33N3O. The maximum atomic E-state index is 12.6. The molecule has 1 N–H and O–H groups in total. The summed E-state index contributed by atoms with van der Waals surface area (Å²) in [5.74, 6) is 1.10. The molecule has 1 unspecified atom stereocenters. The third kappa shape index (κ3) is 4.43. The number of likely N-dealkylation sites (tertiary alicyclic amines) is 1. The highest BCUT2D eigenvalue weighted by Gasteiger charge is 2.39. The molecule has 0 aromatic heterocycles. The predicted octanol–water partition coefficient (Wildman–Crippen LogP) is 2.10. The standard InChI is InChI=1S/C17H33N3O/c1-4-5-11-19(3)14-15-7-12-20(13-8-15)16(21)17(2)9-6-10-18-17/h15,18H,4-14H2,1-3H3. The number of unbranched alkanes of at least 4 members (excludes halogenated alkanes) is 1. The van der Waals surface area contributed by atoms with Gasteiger partial charge in [-0.3, -0.25) is 4.79 Å². The van der Waals surface area contributed by atoms with Crippen LogP contribution < -0.4 is 5.32 Å². The number of amides is 1. The van der Waals surface area contributed by atoms with Gasteiger partial charge in [0.05, 0.1) is 5.54 Å². The fourth-order valence-corrected chi connectivity index (χ4v) is 3.70. The van der Waals surface area contributed by atoms with Crippen molar-refractivity contribution in [2.45, 2.75) is 57.9 Å². The van der Waals surface area contributed by atoms with E-state index in [9.17, 15) is 4.79 Å². The van der Waals surface area contributed by atoms with Gasteiger partial charge in [-0.15, -0.1) is 0 Å². The van der Waals surface area contributed by atoms with Crippen molar-refractivity contribution in [1.29, 1.82) is 0 Å². The van der Waals surface area contributed by atoms with E-state index < -0.39 is 0 Å². The van der Waals surface area contributed by atoms with Crippen LogP contribution >= 0.6 is 0 Å². The Kier molecular flexibility index (Phi) is 6.06. The molecule has 0 bridgehead atoms. The van der Waals surface area contributed by atoms with E-state index >= 15 is 0 Å². The molecule has 1 amide bonds. The molecule has 1 atom stereocenters. The molecule has 0 aromatic rings. The van der Waals surface area contributed by atoms with Crippen LogP contribution in [0.5, 0.6) is 0 Å². The number of rotatable bonds is 6. The van der Waals surface area contributed by atoms with Crippen molar-refractivity contribution in [3.8, 4) is 0 Å². The van der Waals surface area contributed by atoms with Crippen LogP contribution in [0.4, 0.5) is 0 Å². The van der Waals surface area contributed by atoms with Gasteiger partial charge in [0.2, 0.25) is 5.91 Å². The molecule has 0 radical (unpaired) electrons. The van der Waals surface area contributed by atoms with Crippen molar-refractivity contribution in [3.05, 3.63) is 0 Å². The monoisotopic (exact) mass is 295 g/mol. The first-order valence-corrected chi connectivity index (χ1v) is 8.78. The van der Waals surface area contributed by atoms with Gasteiger partial charge in [0, 0.05) is 19.6 Å². The van der Waals surface area contributed by atoms with Gasteiger partial charge in [-0.2, -0.15) is 0 Å². The lowest BCUT2D eigenvalue weighted by molar-refractivity contribution is -0.138. The summed E-state index contributed by atoms with van der Waals surface area (Å²) in [5.41, 5.74) is -0.287. The van der Waals surface area contributed by atoms with E-state index in [2.05, 4.69) is 36.0 Å². The molecule has 0 spiro atoms. The van der Waals surface area contributed by atoms with Crippen LogP contribution in [0, 0.1) is 5.92 Å². The molecule has 0 saturated carbocycles. The van der Waals surface area contributed by atoms with Crippen molar-refractivity contribution >= 4 is 5.91 Å². The summed E-state index contributed by atoms with van der Waals surface area (Å²) in [6.45, 7) is 9.60. The van der Waals surface area contributed by atoms with E-state index in [1.54, 1.807) is 0 Å². The van der Waals surface area contributed by atoms with Crippen LogP contribution in [0.2, 0.25) is 0 Å². The minimum Gasteiger partial charge on any atom is -0.341 e. The van der Waals surface area contributed by atoms with Crippen molar-refractivity contribution in [2.75, 3.05) is 39.8 Å². The normalized spacial score (nSPS) is 27.5. The number of nitrogens with one attached hydrogen (secondary N) is 1. The second kappa shape index (κ2) is 7.59. The SMILES string of the molecule is CCCCN(C)CC1CCN(C(=O)C2(C)CCCN2)CC1. The van der Waals surface area contributed by atoms with Crippen LogP contribution in [0.25, 0.3) is 0 Å². The Morgan fingerprint density at radius 2 is 2.10 bits per heavy atom. The lowest BCUT2D eigenvalue weighted by Crippen LogP contribution is -2.55. The number of hydrogen-bond acceptors (Lipinski definition) is 3. The fourth-order valence-electron chi connectivity index (χ4n) is 3.70. The first-order valence-electron chi connectivity index (χ1n) is 8.78. The first-order chi connectivity index (χ1) is 10.0. The topological polar surface area (TPSA) is 35.6 Å². The molecule has 2 saturated heterocycles. The zero-order valence-corrected chi connectivity index (χ0v) is 14.2. The molecule has 2 fully saturated rings. The van der Waals surface area contributed by atoms with Gasteiger partial charge in [0.1, 0.15) is 0 Å². The number of carbonyl (C=O) groups is 1. The summed E-state index contributed by atoms with van der Waals surface area (Å²) >= 11 is 0. The van der Waals surface area contributed by atoms with Crippen molar-refractivity contribution < 1.29 is 4.79 Å². The Bertz CT molecular complexity index is 331. The number of carbonyl (C=O) groups excluding carboxylic acids is 1. The molecule has 2 rings (SSSR count). The average Bonchev–Trinajstić information content (AvgIpc) is 2.93. The number of hydrogen-bond donors (Lipinski definition) is 1. The minimum absolute atomic E-state index is 0.287. The van der Waals surface area contributed by atoms with E-state index in [1.165, 1.54) is 25.9 Å². The van der Waals surface area contributed by atoms with Gasteiger partial charge >= 0.3 is 0 Å². The molecule has 4 nitrogen and oxygen atoms in total. The van der Waals surface area contributed by atoms with Gasteiger partial charge < -0.3 is 15.1 Å². The van der Waals surface area contributed by atoms with Crippen molar-refractivity contribution in [2.24, 2.45) is 5.92 Å². The van der Waals surface area contributed by atoms with Crippen LogP contribution in [-0.2, 0) is 4.79 Å². The minimum atomic E-state index is -0.287. The lowest BCUT2D eigenvalue weighted by atomic mass is 9.92. The molecule has 21 heavy (non-hydrogen) atoms. The summed E-state index contributed by atoms with van der Waals surface area (Å²) in [5, 5.41) is 3.40. The van der Waals surface area contributed by atoms with Crippen LogP contribution in [-0.4, -0.2) is 61.0 Å². The van der Waals surface area contributed by atoms with Crippen LogP contribution in [0.15, 0.2) is 0 Å². The summed E-state index contributed by atoms with van der Waals surface area (Å²) in [7, 11) is 2.23. The highest BCUT2D eigenvalue weighted by atomic mass is 16.2. The maximum absolute atomic E-state index is 12.6. The zero-order valence-electron chi connectivity index (χ0n) is 14.2. The third-order valence-corrected chi connectivity index (χ3v) is 5.21. The van der Waals surface area contributed by atoms with E-state index in [0.29, 0.717) is 5.91 Å². The average molecular weight is 295 g/mol. The van der Waals surface area contributed by atoms with Gasteiger partial charge in [-0.25, -0.2) is 0 Å². The Morgan fingerprint density at radius 1 is 1.38 bits per heavy atom. The Balaban J connectivity index is 1.74. The second-order valence-electron chi connectivity index (χ2n) is 7.21. The smallest absolute Gasteiger partial charge is 0.242 e. The highest BCUT2D eigenvalue weighted by molar-refractivity contribution is 5.86. The molecule has 0 aliphatic carbocycles. The predicted molar refractivity (Wildman–Crippen MR) is 87.4 cm³/mol. The summed E-state index contributed by atoms with van der Waals surface area (Å²) in [6.07, 6.45) is 7.00. The Hall–Kier alpha value is -0.610. The quantitative estimate of drug-likeness (QED) is 0.815. The van der Waals surface area contributed by atoms with Crippen LogP contribution in [0.3, 0.4) is 0 Å². The van der Waals surface area contributed by atoms with Gasteiger partial charge in [-0.05, 0) is 65.1 Å².